The molecule has 0 amide bonds. The molecule has 52 heavy (non-hydrogen) atoms. The van der Waals surface area contributed by atoms with Crippen LogP contribution >= 0.6 is 0 Å². The third kappa shape index (κ3) is 4.89. The van der Waals surface area contributed by atoms with Crippen molar-refractivity contribution in [3.8, 4) is 22.6 Å². The van der Waals surface area contributed by atoms with Crippen LogP contribution in [0, 0.1) is 0 Å². The minimum Gasteiger partial charge on any atom is -0.456 e. The molecular formula is C47H34N2O3. The summed E-state index contributed by atoms with van der Waals surface area (Å²) in [7, 11) is 0. The van der Waals surface area contributed by atoms with E-state index < -0.39 is 0 Å². The van der Waals surface area contributed by atoms with Gasteiger partial charge < -0.3 is 18.2 Å². The highest BCUT2D eigenvalue weighted by molar-refractivity contribution is 6.13. The van der Waals surface area contributed by atoms with E-state index in [0.717, 1.165) is 83.2 Å². The molecule has 0 unspecified atom stereocenters. The van der Waals surface area contributed by atoms with Crippen LogP contribution in [0.15, 0.2) is 165 Å². The van der Waals surface area contributed by atoms with Crippen LogP contribution in [-0.4, -0.2) is 4.98 Å². The molecule has 7 aromatic carbocycles. The second kappa shape index (κ2) is 11.5. The molecule has 10 aromatic rings. The fourth-order valence-corrected chi connectivity index (χ4v) is 7.56. The van der Waals surface area contributed by atoms with Crippen LogP contribution < -0.4 is 4.90 Å². The lowest BCUT2D eigenvalue weighted by Gasteiger charge is -2.32. The molecule has 250 valence electrons. The SMILES string of the molecule is CC(C)(C)c1ccc(-c2ccccc2)cc1N(c1ccc2c(c1)oc1cccc(-c3nc4ccccc4o3)c12)c1ccc2oc3ccccc3c2c1. The molecule has 0 aliphatic heterocycles. The fraction of sp³-hybridized carbons (Fsp3) is 0.0851. The number of hydrogen-bond acceptors (Lipinski definition) is 5. The van der Waals surface area contributed by atoms with Gasteiger partial charge in [0.05, 0.1) is 5.69 Å². The Bertz CT molecular complexity index is 2930. The van der Waals surface area contributed by atoms with Crippen LogP contribution in [0.2, 0.25) is 0 Å². The van der Waals surface area contributed by atoms with Crippen molar-refractivity contribution in [3.63, 3.8) is 0 Å². The summed E-state index contributed by atoms with van der Waals surface area (Å²) in [6.07, 6.45) is 0. The van der Waals surface area contributed by atoms with Gasteiger partial charge in [-0.3, -0.25) is 0 Å². The van der Waals surface area contributed by atoms with Crippen molar-refractivity contribution in [2.24, 2.45) is 0 Å². The average Bonchev–Trinajstić information content (AvgIpc) is 3.88. The molecule has 0 aliphatic rings. The summed E-state index contributed by atoms with van der Waals surface area (Å²) in [6, 6.07) is 52.6. The first-order valence-electron chi connectivity index (χ1n) is 17.6. The number of rotatable bonds is 5. The van der Waals surface area contributed by atoms with Gasteiger partial charge in [0.2, 0.25) is 5.89 Å². The zero-order valence-electron chi connectivity index (χ0n) is 29.1. The first kappa shape index (κ1) is 30.3. The molecule has 0 saturated heterocycles. The van der Waals surface area contributed by atoms with Gasteiger partial charge in [-0.2, -0.15) is 0 Å². The Labute approximate surface area is 300 Å². The van der Waals surface area contributed by atoms with Gasteiger partial charge in [-0.1, -0.05) is 99.6 Å². The lowest BCUT2D eigenvalue weighted by atomic mass is 9.84. The van der Waals surface area contributed by atoms with E-state index >= 15 is 0 Å². The number of para-hydroxylation sites is 3. The highest BCUT2D eigenvalue weighted by Crippen LogP contribution is 2.46. The molecule has 0 N–H and O–H groups in total. The number of furan rings is 2. The normalized spacial score (nSPS) is 12.1. The van der Waals surface area contributed by atoms with Gasteiger partial charge in [0.15, 0.2) is 5.58 Å². The number of benzene rings is 7. The molecule has 5 heteroatoms. The number of fused-ring (bicyclic) bond motifs is 7. The topological polar surface area (TPSA) is 55.6 Å². The maximum absolute atomic E-state index is 6.65. The number of aromatic nitrogens is 1. The second-order valence-corrected chi connectivity index (χ2v) is 14.4. The third-order valence-corrected chi connectivity index (χ3v) is 10.0. The molecule has 3 heterocycles. The van der Waals surface area contributed by atoms with Crippen molar-refractivity contribution in [2.75, 3.05) is 4.90 Å². The van der Waals surface area contributed by atoms with Crippen molar-refractivity contribution >= 4 is 72.0 Å². The van der Waals surface area contributed by atoms with Gasteiger partial charge in [0, 0.05) is 44.5 Å². The molecule has 0 spiro atoms. The van der Waals surface area contributed by atoms with E-state index in [9.17, 15) is 0 Å². The lowest BCUT2D eigenvalue weighted by molar-refractivity contribution is 0.591. The summed E-state index contributed by atoms with van der Waals surface area (Å²) in [4.78, 5) is 7.19. The van der Waals surface area contributed by atoms with Crippen LogP contribution in [0.25, 0.3) is 77.6 Å². The molecule has 10 rings (SSSR count). The maximum Gasteiger partial charge on any atom is 0.228 e. The van der Waals surface area contributed by atoms with Crippen LogP contribution in [0.3, 0.4) is 0 Å². The largest absolute Gasteiger partial charge is 0.456 e. The summed E-state index contributed by atoms with van der Waals surface area (Å²) in [5, 5.41) is 4.15. The van der Waals surface area contributed by atoms with Crippen molar-refractivity contribution in [3.05, 3.63) is 157 Å². The van der Waals surface area contributed by atoms with Gasteiger partial charge in [-0.05, 0) is 88.8 Å². The standard InChI is InChI=1S/C47H34N2O3/c1-47(2,3)37-24-20-30(29-12-5-4-6-13-29)26-39(37)49(31-22-25-41-36(27-31)33-14-7-9-17-40(33)50-41)32-21-23-34-44(28-32)51-43-19-11-15-35(45(34)43)46-48-38-16-8-10-18-42(38)52-46/h4-28H,1-3H3. The third-order valence-electron chi connectivity index (χ3n) is 10.0. The van der Waals surface area contributed by atoms with E-state index in [4.69, 9.17) is 18.2 Å². The van der Waals surface area contributed by atoms with Crippen molar-refractivity contribution in [2.45, 2.75) is 26.2 Å². The minimum absolute atomic E-state index is 0.146. The Kier molecular flexibility index (Phi) is 6.67. The second-order valence-electron chi connectivity index (χ2n) is 14.4. The van der Waals surface area contributed by atoms with Crippen molar-refractivity contribution in [1.29, 1.82) is 0 Å². The number of anilines is 3. The monoisotopic (exact) mass is 674 g/mol. The molecule has 0 aliphatic carbocycles. The predicted molar refractivity (Wildman–Crippen MR) is 213 cm³/mol. The van der Waals surface area contributed by atoms with Crippen molar-refractivity contribution in [1.82, 2.24) is 4.98 Å². The van der Waals surface area contributed by atoms with Crippen LogP contribution in [0.5, 0.6) is 0 Å². The van der Waals surface area contributed by atoms with E-state index in [1.165, 1.54) is 11.1 Å². The quantitative estimate of drug-likeness (QED) is 0.182. The van der Waals surface area contributed by atoms with Crippen LogP contribution in [-0.2, 0) is 5.41 Å². The zero-order chi connectivity index (χ0) is 35.0. The Morgan fingerprint density at radius 2 is 1.19 bits per heavy atom. The van der Waals surface area contributed by atoms with Gasteiger partial charge in [-0.15, -0.1) is 0 Å². The summed E-state index contributed by atoms with van der Waals surface area (Å²) < 4.78 is 19.2. The highest BCUT2D eigenvalue weighted by Gasteiger charge is 2.26. The smallest absolute Gasteiger partial charge is 0.228 e. The van der Waals surface area contributed by atoms with Crippen LogP contribution in [0.1, 0.15) is 26.3 Å². The molecular weight excluding hydrogens is 641 g/mol. The minimum atomic E-state index is -0.146. The summed E-state index contributed by atoms with van der Waals surface area (Å²) in [5.74, 6) is 0.577. The summed E-state index contributed by atoms with van der Waals surface area (Å²) in [6.45, 7) is 6.82. The molecule has 5 nitrogen and oxygen atoms in total. The number of hydrogen-bond donors (Lipinski definition) is 0. The molecule has 0 radical (unpaired) electrons. The predicted octanol–water partition coefficient (Wildman–Crippen LogP) is 13.7. The van der Waals surface area contributed by atoms with E-state index in [2.05, 4.69) is 129 Å². The zero-order valence-corrected chi connectivity index (χ0v) is 29.1. The first-order chi connectivity index (χ1) is 25.4. The van der Waals surface area contributed by atoms with Gasteiger partial charge in [0.1, 0.15) is 27.8 Å². The first-order valence-corrected chi connectivity index (χ1v) is 17.6. The molecule has 0 atom stereocenters. The number of nitrogens with zero attached hydrogens (tertiary/aromatic N) is 2. The molecule has 0 fully saturated rings. The fourth-order valence-electron chi connectivity index (χ4n) is 7.56. The number of oxazole rings is 1. The van der Waals surface area contributed by atoms with Gasteiger partial charge in [-0.25, -0.2) is 4.98 Å². The average molecular weight is 675 g/mol. The van der Waals surface area contributed by atoms with Crippen LogP contribution in [0.4, 0.5) is 17.1 Å². The summed E-state index contributed by atoms with van der Waals surface area (Å²) in [5.41, 5.74) is 12.3. The van der Waals surface area contributed by atoms with E-state index in [-0.39, 0.29) is 5.41 Å². The Morgan fingerprint density at radius 1 is 0.481 bits per heavy atom. The lowest BCUT2D eigenvalue weighted by Crippen LogP contribution is -2.19. The Morgan fingerprint density at radius 3 is 2.04 bits per heavy atom. The van der Waals surface area contributed by atoms with Crippen molar-refractivity contribution < 1.29 is 13.3 Å². The molecule has 0 bridgehead atoms. The van der Waals surface area contributed by atoms with Gasteiger partial charge in [0.25, 0.3) is 0 Å². The Hall–Kier alpha value is -6.59. The molecule has 0 saturated carbocycles. The molecule has 3 aromatic heterocycles. The van der Waals surface area contributed by atoms with E-state index in [1.807, 2.05) is 48.5 Å². The van der Waals surface area contributed by atoms with E-state index in [0.29, 0.717) is 5.89 Å². The van der Waals surface area contributed by atoms with Gasteiger partial charge >= 0.3 is 0 Å². The van der Waals surface area contributed by atoms with E-state index in [1.54, 1.807) is 0 Å². The maximum atomic E-state index is 6.65. The summed E-state index contributed by atoms with van der Waals surface area (Å²) >= 11 is 0. The highest BCUT2D eigenvalue weighted by atomic mass is 16.4. The Balaban J connectivity index is 1.22.